The van der Waals surface area contributed by atoms with Gasteiger partial charge in [0.05, 0.1) is 18.2 Å². The van der Waals surface area contributed by atoms with Crippen molar-refractivity contribution in [1.29, 1.82) is 0 Å². The molecule has 1 aliphatic rings. The molecular formula is C22H18N2O2. The summed E-state index contributed by atoms with van der Waals surface area (Å²) in [5, 5.41) is 3.09. The van der Waals surface area contributed by atoms with Crippen molar-refractivity contribution in [2.45, 2.75) is 12.5 Å². The minimum absolute atomic E-state index is 0.198. The summed E-state index contributed by atoms with van der Waals surface area (Å²) in [5.74, 6) is -0.505. The number of imide groups is 1. The molecule has 0 bridgehead atoms. The van der Waals surface area contributed by atoms with Gasteiger partial charge in [-0.2, -0.15) is 5.01 Å². The van der Waals surface area contributed by atoms with Crippen LogP contribution in [0.1, 0.15) is 28.4 Å². The van der Waals surface area contributed by atoms with Crippen LogP contribution >= 0.6 is 0 Å². The average Bonchev–Trinajstić information content (AvgIpc) is 3.06. The van der Waals surface area contributed by atoms with Crippen molar-refractivity contribution in [3.05, 3.63) is 102 Å². The number of rotatable bonds is 3. The number of benzene rings is 3. The van der Waals surface area contributed by atoms with E-state index in [2.05, 4.69) is 0 Å². The molecule has 0 aromatic heterocycles. The molecule has 0 radical (unpaired) electrons. The number of carbonyl (C=O) groups is 2. The van der Waals surface area contributed by atoms with Crippen molar-refractivity contribution in [2.75, 3.05) is 5.01 Å². The molecule has 1 saturated heterocycles. The van der Waals surface area contributed by atoms with Crippen LogP contribution in [-0.4, -0.2) is 16.8 Å². The highest BCUT2D eigenvalue weighted by atomic mass is 16.2. The monoisotopic (exact) mass is 342 g/mol. The van der Waals surface area contributed by atoms with E-state index in [1.807, 2.05) is 71.7 Å². The van der Waals surface area contributed by atoms with Crippen LogP contribution in [0.5, 0.6) is 0 Å². The molecule has 1 heterocycles. The lowest BCUT2D eigenvalue weighted by Gasteiger charge is -2.32. The number of carbonyl (C=O) groups excluding carboxylic acids is 2. The van der Waals surface area contributed by atoms with Crippen molar-refractivity contribution in [3.8, 4) is 0 Å². The number of amides is 2. The minimum Gasteiger partial charge on any atom is -0.272 e. The van der Waals surface area contributed by atoms with Gasteiger partial charge in [-0.05, 0) is 29.8 Å². The van der Waals surface area contributed by atoms with Crippen LogP contribution < -0.4 is 5.01 Å². The molecule has 4 rings (SSSR count). The van der Waals surface area contributed by atoms with Gasteiger partial charge in [0.15, 0.2) is 0 Å². The lowest BCUT2D eigenvalue weighted by Crippen LogP contribution is -2.44. The molecule has 1 atom stereocenters. The van der Waals surface area contributed by atoms with Crippen LogP contribution in [0.3, 0.4) is 0 Å². The van der Waals surface area contributed by atoms with E-state index in [0.29, 0.717) is 5.56 Å². The van der Waals surface area contributed by atoms with Crippen molar-refractivity contribution in [1.82, 2.24) is 5.01 Å². The van der Waals surface area contributed by atoms with Gasteiger partial charge in [-0.25, -0.2) is 0 Å². The molecule has 0 N–H and O–H groups in total. The molecular weight excluding hydrogens is 324 g/mol. The fourth-order valence-corrected chi connectivity index (χ4v) is 3.32. The van der Waals surface area contributed by atoms with E-state index in [1.165, 1.54) is 5.01 Å². The largest absolute Gasteiger partial charge is 0.279 e. The lowest BCUT2D eigenvalue weighted by atomic mass is 10.0. The third kappa shape index (κ3) is 2.86. The normalized spacial score (nSPS) is 16.8. The minimum atomic E-state index is -0.308. The first-order valence-corrected chi connectivity index (χ1v) is 8.57. The Morgan fingerprint density at radius 1 is 0.769 bits per heavy atom. The first kappa shape index (κ1) is 16.1. The van der Waals surface area contributed by atoms with Gasteiger partial charge in [0.1, 0.15) is 0 Å². The maximum absolute atomic E-state index is 13.1. The molecule has 4 heteroatoms. The summed E-state index contributed by atoms with van der Waals surface area (Å²) in [6, 6.07) is 28.1. The molecule has 26 heavy (non-hydrogen) atoms. The van der Waals surface area contributed by atoms with Gasteiger partial charge in [-0.15, -0.1) is 0 Å². The van der Waals surface area contributed by atoms with E-state index in [1.54, 1.807) is 24.3 Å². The van der Waals surface area contributed by atoms with Gasteiger partial charge < -0.3 is 0 Å². The van der Waals surface area contributed by atoms with Crippen molar-refractivity contribution in [2.24, 2.45) is 0 Å². The Bertz CT molecular complexity index is 911. The number of nitrogens with zero attached hydrogens (tertiary/aromatic N) is 2. The number of anilines is 1. The number of para-hydroxylation sites is 1. The van der Waals surface area contributed by atoms with E-state index >= 15 is 0 Å². The first-order chi connectivity index (χ1) is 12.8. The molecule has 1 fully saturated rings. The maximum Gasteiger partial charge on any atom is 0.279 e. The summed E-state index contributed by atoms with van der Waals surface area (Å²) < 4.78 is 0. The summed E-state index contributed by atoms with van der Waals surface area (Å²) in [6.45, 7) is 0. The summed E-state index contributed by atoms with van der Waals surface area (Å²) in [4.78, 5) is 25.9. The molecule has 0 saturated carbocycles. The summed E-state index contributed by atoms with van der Waals surface area (Å²) >= 11 is 0. The van der Waals surface area contributed by atoms with E-state index in [9.17, 15) is 9.59 Å². The highest BCUT2D eigenvalue weighted by Crippen LogP contribution is 2.38. The van der Waals surface area contributed by atoms with Crippen LogP contribution in [0, 0.1) is 0 Å². The van der Waals surface area contributed by atoms with Crippen LogP contribution in [0.4, 0.5) is 5.69 Å². The summed E-state index contributed by atoms with van der Waals surface area (Å²) in [6.07, 6.45) is 0.261. The molecule has 4 nitrogen and oxygen atoms in total. The van der Waals surface area contributed by atoms with Gasteiger partial charge in [0, 0.05) is 5.56 Å². The fourth-order valence-electron chi connectivity index (χ4n) is 3.32. The Labute approximate surface area is 152 Å². The smallest absolute Gasteiger partial charge is 0.272 e. The van der Waals surface area contributed by atoms with Crippen LogP contribution in [-0.2, 0) is 4.79 Å². The van der Waals surface area contributed by atoms with Gasteiger partial charge in [0.25, 0.3) is 11.8 Å². The van der Waals surface area contributed by atoms with Crippen LogP contribution in [0.15, 0.2) is 91.0 Å². The zero-order valence-corrected chi connectivity index (χ0v) is 14.2. The van der Waals surface area contributed by atoms with Crippen molar-refractivity contribution in [3.63, 3.8) is 0 Å². The topological polar surface area (TPSA) is 40.6 Å². The Balaban J connectivity index is 1.79. The number of hydrogen-bond acceptors (Lipinski definition) is 3. The third-order valence-corrected chi connectivity index (χ3v) is 4.53. The SMILES string of the molecule is O=C1CC(c2ccccc2)N(c2ccccc2)N1C(=O)c1ccccc1. The van der Waals surface area contributed by atoms with Crippen molar-refractivity contribution < 1.29 is 9.59 Å². The van der Waals surface area contributed by atoms with E-state index < -0.39 is 0 Å². The predicted octanol–water partition coefficient (Wildman–Crippen LogP) is 4.22. The molecule has 3 aromatic rings. The van der Waals surface area contributed by atoms with Gasteiger partial charge in [0.2, 0.25) is 0 Å². The number of hydrogen-bond donors (Lipinski definition) is 0. The van der Waals surface area contributed by atoms with Gasteiger partial charge in [-0.1, -0.05) is 66.7 Å². The molecule has 128 valence electrons. The fraction of sp³-hybridized carbons (Fsp3) is 0.0909. The molecule has 1 aliphatic heterocycles. The molecule has 3 aromatic carbocycles. The zero-order valence-electron chi connectivity index (χ0n) is 14.2. The second-order valence-corrected chi connectivity index (χ2v) is 6.19. The highest BCUT2D eigenvalue weighted by Gasteiger charge is 2.42. The Hall–Kier alpha value is -3.40. The zero-order chi connectivity index (χ0) is 17.9. The molecule has 0 spiro atoms. The number of hydrazine groups is 1. The summed E-state index contributed by atoms with van der Waals surface area (Å²) in [7, 11) is 0. The van der Waals surface area contributed by atoms with E-state index in [4.69, 9.17) is 0 Å². The second-order valence-electron chi connectivity index (χ2n) is 6.19. The lowest BCUT2D eigenvalue weighted by molar-refractivity contribution is -0.125. The molecule has 2 amide bonds. The van der Waals surface area contributed by atoms with Crippen LogP contribution in [0.2, 0.25) is 0 Å². The Morgan fingerprint density at radius 2 is 1.31 bits per heavy atom. The molecule has 0 aliphatic carbocycles. The van der Waals surface area contributed by atoms with Crippen molar-refractivity contribution >= 4 is 17.5 Å². The average molecular weight is 342 g/mol. The highest BCUT2D eigenvalue weighted by molar-refractivity contribution is 6.07. The third-order valence-electron chi connectivity index (χ3n) is 4.53. The van der Waals surface area contributed by atoms with E-state index in [0.717, 1.165) is 11.3 Å². The Kier molecular flexibility index (Phi) is 4.23. The molecule has 1 unspecified atom stereocenters. The predicted molar refractivity (Wildman–Crippen MR) is 100 cm³/mol. The Morgan fingerprint density at radius 3 is 1.92 bits per heavy atom. The standard InChI is InChI=1S/C22H18N2O2/c25-21-16-20(17-10-4-1-5-11-17)23(19-14-8-3-9-15-19)24(21)22(26)18-12-6-2-7-13-18/h1-15,20H,16H2. The van der Waals surface area contributed by atoms with Gasteiger partial charge in [-0.3, -0.25) is 14.6 Å². The maximum atomic E-state index is 13.1. The van der Waals surface area contributed by atoms with Gasteiger partial charge >= 0.3 is 0 Å². The summed E-state index contributed by atoms with van der Waals surface area (Å²) in [5.41, 5.74) is 2.32. The van der Waals surface area contributed by atoms with E-state index in [-0.39, 0.29) is 24.3 Å². The second kappa shape index (κ2) is 6.84. The van der Waals surface area contributed by atoms with Crippen LogP contribution in [0.25, 0.3) is 0 Å². The first-order valence-electron chi connectivity index (χ1n) is 8.57. The quantitative estimate of drug-likeness (QED) is 0.669.